The molecular weight excluding hydrogens is 292 g/mol. The van der Waals surface area contributed by atoms with Gasteiger partial charge in [-0.15, -0.1) is 0 Å². The third kappa shape index (κ3) is 4.21. The molecule has 1 heterocycles. The molecule has 1 aromatic heterocycles. The van der Waals surface area contributed by atoms with Crippen molar-refractivity contribution in [3.05, 3.63) is 30.3 Å². The maximum Gasteiger partial charge on any atom is 0.321 e. The normalized spacial score (nSPS) is 11.9. The fourth-order valence-corrected chi connectivity index (χ4v) is 2.80. The van der Waals surface area contributed by atoms with Gasteiger partial charge < -0.3 is 5.32 Å². The quantitative estimate of drug-likeness (QED) is 0.891. The van der Waals surface area contributed by atoms with Gasteiger partial charge in [0.1, 0.15) is 0 Å². The lowest BCUT2D eigenvalue weighted by molar-refractivity contribution is 0.250. The number of amides is 2. The van der Waals surface area contributed by atoms with Gasteiger partial charge in [0, 0.05) is 28.9 Å². The molecule has 0 fully saturated rings. The summed E-state index contributed by atoms with van der Waals surface area (Å²) < 4.78 is 4.24. The van der Waals surface area contributed by atoms with Crippen molar-refractivity contribution in [2.75, 3.05) is 17.3 Å². The molecule has 2 aromatic rings. The average Bonchev–Trinajstić information content (AvgIpc) is 2.88. The first-order valence-electron chi connectivity index (χ1n) is 6.14. The summed E-state index contributed by atoms with van der Waals surface area (Å²) in [7, 11) is 0. The Morgan fingerprint density at radius 1 is 1.40 bits per heavy atom. The van der Waals surface area contributed by atoms with E-state index in [1.54, 1.807) is 11.8 Å². The lowest BCUT2D eigenvalue weighted by Crippen LogP contribution is -2.37. The molecule has 5 nitrogen and oxygen atoms in total. The SMILES string of the molecule is CSCC(C)NC(=O)Nc1nc(-c2ccccc2)ns1. The third-order valence-corrected chi connectivity index (χ3v) is 3.94. The number of hydrogen-bond donors (Lipinski definition) is 2. The van der Waals surface area contributed by atoms with Crippen molar-refractivity contribution in [3.8, 4) is 11.4 Å². The first-order chi connectivity index (χ1) is 9.69. The highest BCUT2D eigenvalue weighted by Crippen LogP contribution is 2.20. The van der Waals surface area contributed by atoms with Crippen LogP contribution in [0.3, 0.4) is 0 Å². The number of nitrogens with one attached hydrogen (secondary N) is 2. The second kappa shape index (κ2) is 7.25. The first-order valence-corrected chi connectivity index (χ1v) is 8.31. The zero-order chi connectivity index (χ0) is 14.4. The minimum atomic E-state index is -0.248. The Morgan fingerprint density at radius 2 is 2.15 bits per heavy atom. The lowest BCUT2D eigenvalue weighted by Gasteiger charge is -2.11. The van der Waals surface area contributed by atoms with Crippen molar-refractivity contribution in [1.29, 1.82) is 0 Å². The predicted octanol–water partition coefficient (Wildman–Crippen LogP) is 3.08. The third-order valence-electron chi connectivity index (χ3n) is 2.47. The fourth-order valence-electron chi connectivity index (χ4n) is 1.63. The van der Waals surface area contributed by atoms with Crippen LogP contribution in [-0.4, -0.2) is 33.4 Å². The van der Waals surface area contributed by atoms with Gasteiger partial charge in [-0.25, -0.2) is 4.79 Å². The molecule has 0 saturated carbocycles. The summed E-state index contributed by atoms with van der Waals surface area (Å²) in [6.45, 7) is 1.96. The molecule has 0 radical (unpaired) electrons. The highest BCUT2D eigenvalue weighted by atomic mass is 32.2. The van der Waals surface area contributed by atoms with Gasteiger partial charge in [0.25, 0.3) is 0 Å². The molecule has 0 bridgehead atoms. The number of carbonyl (C=O) groups is 1. The largest absolute Gasteiger partial charge is 0.335 e. The molecule has 7 heteroatoms. The number of aromatic nitrogens is 2. The molecule has 2 amide bonds. The maximum atomic E-state index is 11.8. The Morgan fingerprint density at radius 3 is 2.85 bits per heavy atom. The smallest absolute Gasteiger partial charge is 0.321 e. The second-order valence-electron chi connectivity index (χ2n) is 4.24. The van der Waals surface area contributed by atoms with Crippen molar-refractivity contribution in [1.82, 2.24) is 14.7 Å². The van der Waals surface area contributed by atoms with Crippen LogP contribution in [-0.2, 0) is 0 Å². The van der Waals surface area contributed by atoms with Crippen molar-refractivity contribution in [2.24, 2.45) is 0 Å². The highest BCUT2D eigenvalue weighted by molar-refractivity contribution is 7.98. The van der Waals surface area contributed by atoms with Crippen LogP contribution in [0.2, 0.25) is 0 Å². The van der Waals surface area contributed by atoms with Crippen LogP contribution in [0.15, 0.2) is 30.3 Å². The highest BCUT2D eigenvalue weighted by Gasteiger charge is 2.11. The molecule has 20 heavy (non-hydrogen) atoms. The number of nitrogens with zero attached hydrogens (tertiary/aromatic N) is 2. The van der Waals surface area contributed by atoms with Gasteiger partial charge in [0.05, 0.1) is 0 Å². The van der Waals surface area contributed by atoms with E-state index in [0.29, 0.717) is 11.0 Å². The number of rotatable bonds is 5. The van der Waals surface area contributed by atoms with Crippen LogP contribution in [0, 0.1) is 0 Å². The number of carbonyl (C=O) groups excluding carboxylic acids is 1. The zero-order valence-electron chi connectivity index (χ0n) is 11.3. The van der Waals surface area contributed by atoms with Crippen LogP contribution in [0.25, 0.3) is 11.4 Å². The number of urea groups is 1. The molecule has 1 atom stereocenters. The molecular formula is C13H16N4OS2. The predicted molar refractivity (Wildman–Crippen MR) is 85.3 cm³/mol. The number of thioether (sulfide) groups is 1. The van der Waals surface area contributed by atoms with Crippen molar-refractivity contribution in [3.63, 3.8) is 0 Å². The van der Waals surface area contributed by atoms with Gasteiger partial charge >= 0.3 is 6.03 Å². The van der Waals surface area contributed by atoms with E-state index in [0.717, 1.165) is 11.3 Å². The Kier molecular flexibility index (Phi) is 5.37. The summed E-state index contributed by atoms with van der Waals surface area (Å²) in [5.74, 6) is 1.50. The van der Waals surface area contributed by atoms with E-state index >= 15 is 0 Å². The molecule has 0 spiro atoms. The Labute approximate surface area is 126 Å². The summed E-state index contributed by atoms with van der Waals surface area (Å²) in [6, 6.07) is 9.54. The van der Waals surface area contributed by atoms with Gasteiger partial charge in [-0.2, -0.15) is 21.1 Å². The van der Waals surface area contributed by atoms with Crippen LogP contribution < -0.4 is 10.6 Å². The summed E-state index contributed by atoms with van der Waals surface area (Å²) in [6.07, 6.45) is 2.01. The average molecular weight is 308 g/mol. The van der Waals surface area contributed by atoms with E-state index in [1.807, 2.05) is 43.5 Å². The molecule has 0 aliphatic carbocycles. The van der Waals surface area contributed by atoms with Crippen LogP contribution in [0.4, 0.5) is 9.93 Å². The monoisotopic (exact) mass is 308 g/mol. The van der Waals surface area contributed by atoms with Crippen LogP contribution in [0.1, 0.15) is 6.92 Å². The van der Waals surface area contributed by atoms with Crippen LogP contribution in [0.5, 0.6) is 0 Å². The Hall–Kier alpha value is -1.60. The van der Waals surface area contributed by atoms with E-state index in [4.69, 9.17) is 0 Å². The summed E-state index contributed by atoms with van der Waals surface area (Å²) >= 11 is 2.87. The van der Waals surface area contributed by atoms with E-state index in [-0.39, 0.29) is 12.1 Å². The number of anilines is 1. The van der Waals surface area contributed by atoms with Gasteiger partial charge in [-0.3, -0.25) is 5.32 Å². The van der Waals surface area contributed by atoms with Gasteiger partial charge in [0.15, 0.2) is 5.82 Å². The Balaban J connectivity index is 1.95. The van der Waals surface area contributed by atoms with E-state index in [9.17, 15) is 4.79 Å². The molecule has 0 aliphatic rings. The standard InChI is InChI=1S/C13H16N4OS2/c1-9(8-19-2)14-12(18)16-13-15-11(17-20-13)10-6-4-3-5-7-10/h3-7,9H,8H2,1-2H3,(H2,14,15,16,17,18). The molecule has 2 N–H and O–H groups in total. The first kappa shape index (κ1) is 14.8. The zero-order valence-corrected chi connectivity index (χ0v) is 12.9. The molecule has 1 unspecified atom stereocenters. The van der Waals surface area contributed by atoms with Gasteiger partial charge in [-0.05, 0) is 13.2 Å². The van der Waals surface area contributed by atoms with Crippen molar-refractivity contribution in [2.45, 2.75) is 13.0 Å². The van der Waals surface area contributed by atoms with E-state index in [1.165, 1.54) is 11.5 Å². The molecule has 0 saturated heterocycles. The van der Waals surface area contributed by atoms with Crippen molar-refractivity contribution < 1.29 is 4.79 Å². The molecule has 2 rings (SSSR count). The molecule has 1 aromatic carbocycles. The summed E-state index contributed by atoms with van der Waals surface area (Å²) in [5, 5.41) is 6.05. The fraction of sp³-hybridized carbons (Fsp3) is 0.308. The minimum Gasteiger partial charge on any atom is -0.335 e. The van der Waals surface area contributed by atoms with Gasteiger partial charge in [0.2, 0.25) is 5.13 Å². The molecule has 106 valence electrons. The van der Waals surface area contributed by atoms with E-state index < -0.39 is 0 Å². The number of benzene rings is 1. The van der Waals surface area contributed by atoms with Crippen molar-refractivity contribution >= 4 is 34.5 Å². The summed E-state index contributed by atoms with van der Waals surface area (Å²) in [5.41, 5.74) is 0.938. The van der Waals surface area contributed by atoms with Gasteiger partial charge in [-0.1, -0.05) is 30.3 Å². The topological polar surface area (TPSA) is 66.9 Å². The molecule has 0 aliphatic heterocycles. The summed E-state index contributed by atoms with van der Waals surface area (Å²) in [4.78, 5) is 16.1. The Bertz CT molecular complexity index is 559. The minimum absolute atomic E-state index is 0.117. The van der Waals surface area contributed by atoms with Crippen LogP contribution >= 0.6 is 23.3 Å². The lowest BCUT2D eigenvalue weighted by atomic mass is 10.2. The second-order valence-corrected chi connectivity index (χ2v) is 5.91. The van der Waals surface area contributed by atoms with E-state index in [2.05, 4.69) is 20.0 Å². The number of hydrogen-bond acceptors (Lipinski definition) is 5. The maximum absolute atomic E-state index is 11.8.